The van der Waals surface area contributed by atoms with Crippen LogP contribution in [0.25, 0.3) is 5.78 Å². The van der Waals surface area contributed by atoms with Gasteiger partial charge in [-0.1, -0.05) is 54.1 Å². The van der Waals surface area contributed by atoms with Crippen LogP contribution in [0.15, 0.2) is 54.6 Å². The zero-order valence-corrected chi connectivity index (χ0v) is 16.2. The van der Waals surface area contributed by atoms with Crippen molar-refractivity contribution in [2.45, 2.75) is 32.2 Å². The number of rotatable bonds is 5. The summed E-state index contributed by atoms with van der Waals surface area (Å²) in [4.78, 5) is 9.47. The maximum atomic E-state index is 5.99. The van der Waals surface area contributed by atoms with Gasteiger partial charge in [-0.05, 0) is 42.5 Å². The highest BCUT2D eigenvalue weighted by molar-refractivity contribution is 6.30. The van der Waals surface area contributed by atoms with Gasteiger partial charge in [0.1, 0.15) is 5.82 Å². The predicted octanol–water partition coefficient (Wildman–Crippen LogP) is 4.47. The topological polar surface area (TPSA) is 55.1 Å². The van der Waals surface area contributed by atoms with E-state index in [4.69, 9.17) is 26.7 Å². The van der Waals surface area contributed by atoms with Gasteiger partial charge in [0.25, 0.3) is 5.78 Å². The molecule has 28 heavy (non-hydrogen) atoms. The Morgan fingerprint density at radius 1 is 0.929 bits per heavy atom. The number of benzene rings is 2. The first-order valence-corrected chi connectivity index (χ1v) is 9.94. The Balaban J connectivity index is 1.50. The van der Waals surface area contributed by atoms with E-state index >= 15 is 0 Å². The summed E-state index contributed by atoms with van der Waals surface area (Å²) in [5.41, 5.74) is 4.78. The number of aryl methyl sites for hydroxylation is 1. The van der Waals surface area contributed by atoms with E-state index in [-0.39, 0.29) is 0 Å². The summed E-state index contributed by atoms with van der Waals surface area (Å²) in [6.45, 7) is 0.749. The standard InChI is InChI=1S/C22H20ClN5/c23-17-11-9-15(10-12-17)13-20-26-22-25-19-8-4-7-18(19)21(28(22)27-20)24-14-16-5-2-1-3-6-16/h1-3,5-6,9-12,24H,4,7-8,13-14H2. The Hall–Kier alpha value is -2.92. The molecule has 0 saturated carbocycles. The first-order valence-electron chi connectivity index (χ1n) is 9.56. The van der Waals surface area contributed by atoms with Crippen LogP contribution in [0, 0.1) is 0 Å². The number of fused-ring (bicyclic) bond motifs is 2. The van der Waals surface area contributed by atoms with Crippen LogP contribution in [0.4, 0.5) is 5.82 Å². The molecule has 0 aliphatic heterocycles. The van der Waals surface area contributed by atoms with Crippen LogP contribution in [0.5, 0.6) is 0 Å². The van der Waals surface area contributed by atoms with Crippen molar-refractivity contribution >= 4 is 23.2 Å². The van der Waals surface area contributed by atoms with E-state index in [0.29, 0.717) is 12.2 Å². The average molecular weight is 390 g/mol. The van der Waals surface area contributed by atoms with Gasteiger partial charge in [0.15, 0.2) is 5.82 Å². The zero-order valence-electron chi connectivity index (χ0n) is 15.4. The summed E-state index contributed by atoms with van der Waals surface area (Å²) in [6, 6.07) is 18.2. The van der Waals surface area contributed by atoms with E-state index in [9.17, 15) is 0 Å². The maximum Gasteiger partial charge on any atom is 0.254 e. The fraction of sp³-hybridized carbons (Fsp3) is 0.227. The maximum absolute atomic E-state index is 5.99. The van der Waals surface area contributed by atoms with Crippen molar-refractivity contribution in [3.63, 3.8) is 0 Å². The third kappa shape index (κ3) is 3.34. The second-order valence-corrected chi connectivity index (χ2v) is 7.56. The van der Waals surface area contributed by atoms with E-state index in [2.05, 4.69) is 29.6 Å². The second-order valence-electron chi connectivity index (χ2n) is 7.12. The molecule has 0 amide bonds. The molecule has 0 atom stereocenters. The summed E-state index contributed by atoms with van der Waals surface area (Å²) in [7, 11) is 0. The molecule has 0 fully saturated rings. The molecule has 5 nitrogen and oxygen atoms in total. The minimum atomic E-state index is 0.656. The molecule has 0 unspecified atom stereocenters. The number of anilines is 1. The van der Waals surface area contributed by atoms with Crippen LogP contribution in [-0.2, 0) is 25.8 Å². The fourth-order valence-corrected chi connectivity index (χ4v) is 3.87. The predicted molar refractivity (Wildman–Crippen MR) is 111 cm³/mol. The van der Waals surface area contributed by atoms with E-state index in [0.717, 1.165) is 53.7 Å². The lowest BCUT2D eigenvalue weighted by molar-refractivity contribution is 0.871. The molecule has 0 bridgehead atoms. The number of nitrogens with one attached hydrogen (secondary N) is 1. The smallest absolute Gasteiger partial charge is 0.254 e. The summed E-state index contributed by atoms with van der Waals surface area (Å²) < 4.78 is 1.87. The van der Waals surface area contributed by atoms with Crippen molar-refractivity contribution in [3.05, 3.63) is 87.8 Å². The molecule has 1 N–H and O–H groups in total. The lowest BCUT2D eigenvalue weighted by Crippen LogP contribution is -2.10. The molecule has 0 spiro atoms. The van der Waals surface area contributed by atoms with Crippen molar-refractivity contribution in [2.24, 2.45) is 0 Å². The Morgan fingerprint density at radius 2 is 1.75 bits per heavy atom. The van der Waals surface area contributed by atoms with Crippen LogP contribution in [-0.4, -0.2) is 19.6 Å². The molecule has 5 rings (SSSR count). The fourth-order valence-electron chi connectivity index (χ4n) is 3.75. The molecule has 2 aromatic carbocycles. The van der Waals surface area contributed by atoms with Gasteiger partial charge in [-0.2, -0.15) is 9.50 Å². The van der Waals surface area contributed by atoms with Gasteiger partial charge in [-0.15, -0.1) is 5.10 Å². The van der Waals surface area contributed by atoms with E-state index < -0.39 is 0 Å². The highest BCUT2D eigenvalue weighted by Gasteiger charge is 2.22. The molecule has 1 aliphatic rings. The minimum absolute atomic E-state index is 0.656. The zero-order chi connectivity index (χ0) is 18.9. The van der Waals surface area contributed by atoms with Gasteiger partial charge < -0.3 is 5.32 Å². The molecule has 6 heteroatoms. The summed E-state index contributed by atoms with van der Waals surface area (Å²) in [5.74, 6) is 2.46. The Labute approximate surface area is 168 Å². The summed E-state index contributed by atoms with van der Waals surface area (Å²) in [6.07, 6.45) is 3.82. The van der Waals surface area contributed by atoms with E-state index in [1.165, 1.54) is 11.1 Å². The van der Waals surface area contributed by atoms with Gasteiger partial charge in [-0.3, -0.25) is 0 Å². The second kappa shape index (κ2) is 7.24. The van der Waals surface area contributed by atoms with Gasteiger partial charge in [0.05, 0.1) is 5.69 Å². The average Bonchev–Trinajstić information content (AvgIpc) is 3.34. The van der Waals surface area contributed by atoms with Crippen molar-refractivity contribution in [2.75, 3.05) is 5.32 Å². The van der Waals surface area contributed by atoms with Gasteiger partial charge >= 0.3 is 0 Å². The third-order valence-corrected chi connectivity index (χ3v) is 5.39. The van der Waals surface area contributed by atoms with Gasteiger partial charge in [0, 0.05) is 23.6 Å². The SMILES string of the molecule is Clc1ccc(Cc2nc3nc4c(c(NCc5ccccc5)n3n2)CCC4)cc1. The van der Waals surface area contributed by atoms with Crippen molar-refractivity contribution in [3.8, 4) is 0 Å². The summed E-state index contributed by atoms with van der Waals surface area (Å²) >= 11 is 5.99. The molecular formula is C22H20ClN5. The molecule has 0 saturated heterocycles. The first-order chi connectivity index (χ1) is 13.8. The lowest BCUT2D eigenvalue weighted by Gasteiger charge is -2.12. The Kier molecular flexibility index (Phi) is 4.45. The van der Waals surface area contributed by atoms with Gasteiger partial charge in [-0.25, -0.2) is 4.98 Å². The van der Waals surface area contributed by atoms with Crippen LogP contribution < -0.4 is 5.32 Å². The van der Waals surface area contributed by atoms with Gasteiger partial charge in [0.2, 0.25) is 0 Å². The number of aromatic nitrogens is 4. The van der Waals surface area contributed by atoms with Crippen LogP contribution in [0.3, 0.4) is 0 Å². The first kappa shape index (κ1) is 17.2. The Morgan fingerprint density at radius 3 is 2.57 bits per heavy atom. The van der Waals surface area contributed by atoms with Crippen molar-refractivity contribution in [1.29, 1.82) is 0 Å². The van der Waals surface area contributed by atoms with Crippen molar-refractivity contribution < 1.29 is 0 Å². The normalized spacial score (nSPS) is 13.0. The molecule has 0 radical (unpaired) electrons. The van der Waals surface area contributed by atoms with E-state index in [1.54, 1.807) is 0 Å². The highest BCUT2D eigenvalue weighted by Crippen LogP contribution is 2.28. The molecule has 2 aromatic heterocycles. The lowest BCUT2D eigenvalue weighted by atomic mass is 10.1. The quantitative estimate of drug-likeness (QED) is 0.547. The van der Waals surface area contributed by atoms with Crippen LogP contribution >= 0.6 is 11.6 Å². The van der Waals surface area contributed by atoms with Crippen molar-refractivity contribution in [1.82, 2.24) is 19.6 Å². The molecule has 2 heterocycles. The number of halogens is 1. The van der Waals surface area contributed by atoms with Crippen LogP contribution in [0.1, 0.15) is 34.6 Å². The molecule has 4 aromatic rings. The summed E-state index contributed by atoms with van der Waals surface area (Å²) in [5, 5.41) is 9.09. The molecule has 1 aliphatic carbocycles. The number of nitrogens with zero attached hydrogens (tertiary/aromatic N) is 4. The minimum Gasteiger partial charge on any atom is -0.366 e. The number of hydrogen-bond acceptors (Lipinski definition) is 4. The molecule has 140 valence electrons. The largest absolute Gasteiger partial charge is 0.366 e. The number of hydrogen-bond donors (Lipinski definition) is 1. The van der Waals surface area contributed by atoms with Crippen LogP contribution in [0.2, 0.25) is 5.02 Å². The monoisotopic (exact) mass is 389 g/mol. The highest BCUT2D eigenvalue weighted by atomic mass is 35.5. The molecular weight excluding hydrogens is 370 g/mol. The Bertz CT molecular complexity index is 1120. The van der Waals surface area contributed by atoms with E-state index in [1.807, 2.05) is 34.8 Å². The third-order valence-electron chi connectivity index (χ3n) is 5.13.